The van der Waals surface area contributed by atoms with Gasteiger partial charge >= 0.3 is 0 Å². The van der Waals surface area contributed by atoms with Crippen LogP contribution in [0.4, 0.5) is 0 Å². The Hall–Kier alpha value is 1.08. The molecule has 0 bridgehead atoms. The Morgan fingerprint density at radius 2 is 1.56 bits per heavy atom. The van der Waals surface area contributed by atoms with Gasteiger partial charge in [-0.05, 0) is 0 Å². The third-order valence-corrected chi connectivity index (χ3v) is 2.12. The second kappa shape index (κ2) is 2.99. The van der Waals surface area contributed by atoms with Gasteiger partial charge in [-0.15, -0.1) is 0 Å². The molecule has 0 spiro atoms. The zero-order chi connectivity index (χ0) is 7.71. The second-order valence-corrected chi connectivity index (χ2v) is 4.06. The van der Waals surface area contributed by atoms with Crippen molar-refractivity contribution in [3.8, 4) is 0 Å². The van der Waals surface area contributed by atoms with E-state index in [9.17, 15) is 0 Å². The van der Waals surface area contributed by atoms with Gasteiger partial charge in [0.25, 0.3) is 9.04 Å². The summed E-state index contributed by atoms with van der Waals surface area (Å²) in [4.78, 5) is 0. The van der Waals surface area contributed by atoms with Gasteiger partial charge in [-0.2, -0.15) is 0 Å². The van der Waals surface area contributed by atoms with Crippen molar-refractivity contribution in [2.45, 2.75) is 9.04 Å². The lowest BCUT2D eigenvalue weighted by Crippen LogP contribution is -2.38. The minimum absolute atomic E-state index is 1.12. The van der Waals surface area contributed by atoms with Crippen LogP contribution in [-0.2, 0) is 4.74 Å². The summed E-state index contributed by atoms with van der Waals surface area (Å²) in [7, 11) is 1.12. The summed E-state index contributed by atoms with van der Waals surface area (Å²) >= 11 is 20.6. The molecule has 0 aliphatic carbocycles. The fourth-order valence-corrected chi connectivity index (χ4v) is 0.347. The zero-order valence-corrected chi connectivity index (χ0v) is 7.39. The highest BCUT2D eigenvalue weighted by atomic mass is 35.6. The van der Waals surface area contributed by atoms with E-state index >= 15 is 0 Å². The summed E-state index contributed by atoms with van der Waals surface area (Å²) in [5, 5.41) is 6.55. The van der Waals surface area contributed by atoms with Crippen molar-refractivity contribution >= 4 is 46.4 Å². The van der Waals surface area contributed by atoms with Gasteiger partial charge in [-0.3, -0.25) is 0 Å². The van der Waals surface area contributed by atoms with Crippen LogP contribution in [0, 0.1) is 0 Å². The molecule has 6 heteroatoms. The van der Waals surface area contributed by atoms with Crippen LogP contribution < -0.4 is 0 Å². The summed E-state index contributed by atoms with van der Waals surface area (Å²) < 4.78 is 2.19. The zero-order valence-electron chi connectivity index (χ0n) is 4.37. The van der Waals surface area contributed by atoms with E-state index in [0.717, 1.165) is 7.11 Å². The second-order valence-electron chi connectivity index (χ2n) is 1.26. The Morgan fingerprint density at radius 3 is 1.56 bits per heavy atom. The third kappa shape index (κ3) is 2.66. The fourth-order valence-electron chi connectivity index (χ4n) is 0.116. The van der Waals surface area contributed by atoms with E-state index in [1.54, 1.807) is 0 Å². The van der Waals surface area contributed by atoms with Gasteiger partial charge in [0.15, 0.2) is 0 Å². The van der Waals surface area contributed by atoms with Crippen LogP contribution in [0.2, 0.25) is 0 Å². The van der Waals surface area contributed by atoms with Gasteiger partial charge in [0.05, 0.1) is 0 Å². The van der Waals surface area contributed by atoms with Crippen LogP contribution in [0.3, 0.4) is 0 Å². The van der Waals surface area contributed by atoms with Crippen LogP contribution in [0.5, 0.6) is 0 Å². The highest BCUT2D eigenvalue weighted by molar-refractivity contribution is 6.70. The van der Waals surface area contributed by atoms with Crippen LogP contribution in [0.1, 0.15) is 0 Å². The maximum Gasteiger partial charge on any atom is 0.294 e. The predicted octanol–water partition coefficient (Wildman–Crippen LogP) is 1.89. The molecule has 0 aromatic rings. The molecule has 0 aliphatic rings. The van der Waals surface area contributed by atoms with E-state index in [2.05, 4.69) is 4.74 Å². The number of halogens is 4. The van der Waals surface area contributed by atoms with Crippen LogP contribution in [0.15, 0.2) is 0 Å². The molecule has 0 saturated carbocycles. The van der Waals surface area contributed by atoms with E-state index in [1.165, 1.54) is 0 Å². The smallest absolute Gasteiger partial charge is 0.294 e. The predicted molar refractivity (Wildman–Crippen MR) is 38.1 cm³/mol. The molecule has 0 aromatic carbocycles. The van der Waals surface area contributed by atoms with Gasteiger partial charge in [0.1, 0.15) is 0 Å². The molecule has 1 N–H and O–H groups in total. The molecule has 1 unspecified atom stereocenters. The molecular weight excluding hydrogens is 210 g/mol. The highest BCUT2D eigenvalue weighted by Crippen LogP contribution is 2.41. The molecule has 0 amide bonds. The molecule has 0 fully saturated rings. The summed E-state index contributed by atoms with van der Waals surface area (Å²) in [6, 6.07) is 0. The van der Waals surface area contributed by atoms with E-state index in [1.807, 2.05) is 0 Å². The minimum Gasteiger partial charge on any atom is -0.350 e. The van der Waals surface area contributed by atoms with Gasteiger partial charge < -0.3 is 9.84 Å². The molecule has 0 saturated heterocycles. The molecule has 56 valence electrons. The standard InChI is InChI=1S/C3H4Cl4O2/c1-9-3(7,8)2(4,5)6/h8H,1H3. The van der Waals surface area contributed by atoms with Gasteiger partial charge in [0.2, 0.25) is 0 Å². The van der Waals surface area contributed by atoms with Crippen molar-refractivity contribution in [3.05, 3.63) is 0 Å². The third-order valence-electron chi connectivity index (χ3n) is 0.620. The molecule has 0 aliphatic heterocycles. The molecule has 2 nitrogen and oxygen atoms in total. The number of hydrogen-bond acceptors (Lipinski definition) is 2. The number of alkyl halides is 4. The maximum atomic E-state index is 8.81. The summed E-state index contributed by atoms with van der Waals surface area (Å²) in [6.07, 6.45) is 0. The molecule has 9 heavy (non-hydrogen) atoms. The van der Waals surface area contributed by atoms with Crippen molar-refractivity contribution in [2.75, 3.05) is 7.11 Å². The molecule has 1 atom stereocenters. The van der Waals surface area contributed by atoms with Gasteiger partial charge in [-0.1, -0.05) is 46.4 Å². The Bertz CT molecular complexity index is 96.5. The first-order chi connectivity index (χ1) is 3.81. The lowest BCUT2D eigenvalue weighted by Gasteiger charge is -2.25. The van der Waals surface area contributed by atoms with Crippen LogP contribution >= 0.6 is 46.4 Å². The summed E-state index contributed by atoms with van der Waals surface area (Å²) in [5.41, 5.74) is 0. The number of rotatable bonds is 1. The Balaban J connectivity index is 4.14. The molecule has 0 radical (unpaired) electrons. The largest absolute Gasteiger partial charge is 0.350 e. The molecule has 0 heterocycles. The SMILES string of the molecule is COC(O)(Cl)C(Cl)(Cl)Cl. The summed E-state index contributed by atoms with van der Waals surface area (Å²) in [6.45, 7) is 0. The maximum absolute atomic E-state index is 8.81. The van der Waals surface area contributed by atoms with Crippen LogP contribution in [-0.4, -0.2) is 21.3 Å². The monoisotopic (exact) mass is 212 g/mol. The summed E-state index contributed by atoms with van der Waals surface area (Å²) in [5.74, 6) is 0. The van der Waals surface area contributed by atoms with Crippen molar-refractivity contribution in [2.24, 2.45) is 0 Å². The number of ether oxygens (including phenoxy) is 1. The molecule has 0 aromatic heterocycles. The Kier molecular flexibility index (Phi) is 3.35. The molecule has 0 rings (SSSR count). The lowest BCUT2D eigenvalue weighted by molar-refractivity contribution is -0.111. The van der Waals surface area contributed by atoms with Gasteiger partial charge in [0, 0.05) is 7.11 Å². The molecular formula is C3H4Cl4O2. The first-order valence-electron chi connectivity index (χ1n) is 1.84. The number of methoxy groups -OCH3 is 1. The lowest BCUT2D eigenvalue weighted by atomic mass is 10.7. The van der Waals surface area contributed by atoms with E-state index in [4.69, 9.17) is 51.5 Å². The first kappa shape index (κ1) is 10.1. The topological polar surface area (TPSA) is 29.5 Å². The average molecular weight is 214 g/mol. The normalized spacial score (nSPS) is 19.3. The van der Waals surface area contributed by atoms with Crippen molar-refractivity contribution in [3.63, 3.8) is 0 Å². The minimum atomic E-state index is -2.25. The van der Waals surface area contributed by atoms with E-state index < -0.39 is 9.04 Å². The van der Waals surface area contributed by atoms with Gasteiger partial charge in [-0.25, -0.2) is 0 Å². The number of hydrogen-bond donors (Lipinski definition) is 1. The highest BCUT2D eigenvalue weighted by Gasteiger charge is 2.46. The van der Waals surface area contributed by atoms with Crippen molar-refractivity contribution < 1.29 is 9.84 Å². The first-order valence-corrected chi connectivity index (χ1v) is 3.35. The van der Waals surface area contributed by atoms with Crippen LogP contribution in [0.25, 0.3) is 0 Å². The average Bonchev–Trinajstić information content (AvgIpc) is 1.64. The van der Waals surface area contributed by atoms with Crippen molar-refractivity contribution in [1.29, 1.82) is 0 Å². The van der Waals surface area contributed by atoms with Crippen molar-refractivity contribution in [1.82, 2.24) is 0 Å². The van der Waals surface area contributed by atoms with E-state index in [0.29, 0.717) is 0 Å². The Labute approximate surface area is 72.6 Å². The fraction of sp³-hybridized carbons (Fsp3) is 1.00. The quantitative estimate of drug-likeness (QED) is 0.533. The van der Waals surface area contributed by atoms with E-state index in [-0.39, 0.29) is 0 Å². The Morgan fingerprint density at radius 1 is 1.22 bits per heavy atom. The number of aliphatic hydroxyl groups is 1.